The van der Waals surface area contributed by atoms with E-state index in [0.29, 0.717) is 22.7 Å². The number of nitrogens with one attached hydrogen (secondary N) is 1. The number of aromatic nitrogens is 1. The Morgan fingerprint density at radius 1 is 1.26 bits per heavy atom. The number of carbonyl (C=O) groups excluding carboxylic acids is 2. The lowest BCUT2D eigenvalue weighted by molar-refractivity contribution is -0.125. The third-order valence-electron chi connectivity index (χ3n) is 3.50. The van der Waals surface area contributed by atoms with Gasteiger partial charge in [0.05, 0.1) is 5.69 Å². The normalized spacial score (nSPS) is 16.0. The molecule has 2 heterocycles. The first-order valence-corrected chi connectivity index (χ1v) is 6.86. The monoisotopic (exact) mass is 333 g/mol. The van der Waals surface area contributed by atoms with Crippen molar-refractivity contribution in [3.8, 4) is 5.75 Å². The molecule has 0 spiro atoms. The first-order chi connectivity index (χ1) is 10.6. The predicted octanol–water partition coefficient (Wildman–Crippen LogP) is 2.50. The van der Waals surface area contributed by atoms with E-state index in [1.165, 1.54) is 4.90 Å². The van der Waals surface area contributed by atoms with Crippen LogP contribution in [0, 0.1) is 0 Å². The number of pyridine rings is 1. The van der Waals surface area contributed by atoms with Gasteiger partial charge in [-0.05, 0) is 37.3 Å². The molecule has 1 aromatic heterocycles. The van der Waals surface area contributed by atoms with Gasteiger partial charge in [0.15, 0.2) is 6.10 Å². The van der Waals surface area contributed by atoms with Gasteiger partial charge in [-0.2, -0.15) is 0 Å². The number of nitrogens with zero attached hydrogens (tertiary/aromatic N) is 2. The Labute approximate surface area is 139 Å². The third-order valence-corrected chi connectivity index (χ3v) is 3.50. The fourth-order valence-electron chi connectivity index (χ4n) is 2.30. The minimum absolute atomic E-state index is 0. The van der Waals surface area contributed by atoms with Crippen LogP contribution in [0.3, 0.4) is 0 Å². The molecule has 0 fully saturated rings. The van der Waals surface area contributed by atoms with Gasteiger partial charge in [0.2, 0.25) is 0 Å². The van der Waals surface area contributed by atoms with Gasteiger partial charge in [0.25, 0.3) is 11.8 Å². The summed E-state index contributed by atoms with van der Waals surface area (Å²) in [6, 6.07) is 8.48. The van der Waals surface area contributed by atoms with Crippen molar-refractivity contribution < 1.29 is 14.3 Å². The smallest absolute Gasteiger partial charge is 0.267 e. The number of halogens is 1. The largest absolute Gasteiger partial charge is 0.479 e. The SMILES string of the molecule is CC1Oc2ccc(NC(=O)c3ccncc3)cc2N(C)C1=O.Cl. The number of fused-ring (bicyclic) bond motifs is 1. The maximum atomic E-state index is 12.1. The van der Waals surface area contributed by atoms with Gasteiger partial charge in [0.1, 0.15) is 5.75 Å². The van der Waals surface area contributed by atoms with Crippen molar-refractivity contribution in [2.45, 2.75) is 13.0 Å². The van der Waals surface area contributed by atoms with E-state index < -0.39 is 6.10 Å². The Hall–Kier alpha value is -2.60. The van der Waals surface area contributed by atoms with Crippen LogP contribution in [0.1, 0.15) is 17.3 Å². The predicted molar refractivity (Wildman–Crippen MR) is 89.4 cm³/mol. The first-order valence-electron chi connectivity index (χ1n) is 6.86. The van der Waals surface area contributed by atoms with Crippen LogP contribution < -0.4 is 15.0 Å². The summed E-state index contributed by atoms with van der Waals surface area (Å²) in [6.07, 6.45) is 2.61. The molecule has 1 aliphatic heterocycles. The van der Waals surface area contributed by atoms with Crippen LogP contribution in [0.5, 0.6) is 5.75 Å². The summed E-state index contributed by atoms with van der Waals surface area (Å²) < 4.78 is 5.55. The Bertz CT molecular complexity index is 737. The minimum Gasteiger partial charge on any atom is -0.479 e. The maximum absolute atomic E-state index is 12.1. The molecule has 1 atom stereocenters. The van der Waals surface area contributed by atoms with Crippen molar-refractivity contribution in [1.29, 1.82) is 0 Å². The zero-order chi connectivity index (χ0) is 15.7. The van der Waals surface area contributed by atoms with Crippen molar-refractivity contribution in [2.75, 3.05) is 17.3 Å². The van der Waals surface area contributed by atoms with Crippen LogP contribution in [0.4, 0.5) is 11.4 Å². The van der Waals surface area contributed by atoms with Crippen LogP contribution in [-0.4, -0.2) is 29.9 Å². The lowest BCUT2D eigenvalue weighted by Crippen LogP contribution is -2.41. The van der Waals surface area contributed by atoms with Gasteiger partial charge in [-0.25, -0.2) is 0 Å². The molecule has 23 heavy (non-hydrogen) atoms. The van der Waals surface area contributed by atoms with Crippen LogP contribution in [-0.2, 0) is 4.79 Å². The van der Waals surface area contributed by atoms with E-state index in [9.17, 15) is 9.59 Å². The van der Waals surface area contributed by atoms with E-state index in [2.05, 4.69) is 10.3 Å². The van der Waals surface area contributed by atoms with Crippen LogP contribution in [0.25, 0.3) is 0 Å². The van der Waals surface area contributed by atoms with Crippen LogP contribution in [0.15, 0.2) is 42.7 Å². The Morgan fingerprint density at radius 3 is 2.65 bits per heavy atom. The highest BCUT2D eigenvalue weighted by Crippen LogP contribution is 2.35. The van der Waals surface area contributed by atoms with E-state index in [1.54, 1.807) is 56.7 Å². The second-order valence-electron chi connectivity index (χ2n) is 5.03. The molecular formula is C16H16ClN3O3. The van der Waals surface area contributed by atoms with E-state index in [-0.39, 0.29) is 24.2 Å². The van der Waals surface area contributed by atoms with E-state index in [1.807, 2.05) is 0 Å². The fourth-order valence-corrected chi connectivity index (χ4v) is 2.30. The maximum Gasteiger partial charge on any atom is 0.267 e. The number of benzene rings is 1. The lowest BCUT2D eigenvalue weighted by atomic mass is 10.1. The molecule has 3 rings (SSSR count). The highest BCUT2D eigenvalue weighted by Gasteiger charge is 2.29. The molecule has 0 saturated heterocycles. The molecule has 0 saturated carbocycles. The number of hydrogen-bond donors (Lipinski definition) is 1. The summed E-state index contributed by atoms with van der Waals surface area (Å²) in [6.45, 7) is 1.71. The van der Waals surface area contributed by atoms with Gasteiger partial charge in [0, 0.05) is 30.7 Å². The third kappa shape index (κ3) is 3.27. The Balaban J connectivity index is 0.00000192. The zero-order valence-electron chi connectivity index (χ0n) is 12.6. The quantitative estimate of drug-likeness (QED) is 0.916. The van der Waals surface area contributed by atoms with Gasteiger partial charge < -0.3 is 15.0 Å². The number of likely N-dealkylation sites (N-methyl/N-ethyl adjacent to an activating group) is 1. The second-order valence-corrected chi connectivity index (χ2v) is 5.03. The van der Waals surface area contributed by atoms with E-state index in [0.717, 1.165) is 0 Å². The van der Waals surface area contributed by atoms with Gasteiger partial charge in [-0.15, -0.1) is 12.4 Å². The molecule has 6 nitrogen and oxygen atoms in total. The molecule has 0 bridgehead atoms. The molecule has 0 radical (unpaired) electrons. The fraction of sp³-hybridized carbons (Fsp3) is 0.188. The highest BCUT2D eigenvalue weighted by molar-refractivity contribution is 6.05. The summed E-state index contributed by atoms with van der Waals surface area (Å²) in [5.74, 6) is 0.267. The summed E-state index contributed by atoms with van der Waals surface area (Å²) in [4.78, 5) is 29.5. The first kappa shape index (κ1) is 16.8. The van der Waals surface area contributed by atoms with Crippen LogP contribution in [0.2, 0.25) is 0 Å². The molecule has 1 unspecified atom stereocenters. The summed E-state index contributed by atoms with van der Waals surface area (Å²) in [5.41, 5.74) is 1.75. The second kappa shape index (κ2) is 6.66. The summed E-state index contributed by atoms with van der Waals surface area (Å²) in [7, 11) is 1.69. The van der Waals surface area contributed by atoms with Crippen molar-refractivity contribution in [3.05, 3.63) is 48.3 Å². The average Bonchev–Trinajstić information content (AvgIpc) is 2.54. The molecule has 1 aromatic carbocycles. The molecule has 1 N–H and O–H groups in total. The Morgan fingerprint density at radius 2 is 1.96 bits per heavy atom. The van der Waals surface area contributed by atoms with Crippen molar-refractivity contribution in [3.63, 3.8) is 0 Å². The zero-order valence-corrected chi connectivity index (χ0v) is 13.5. The van der Waals surface area contributed by atoms with Gasteiger partial charge in [-0.3, -0.25) is 14.6 Å². The van der Waals surface area contributed by atoms with Crippen LogP contribution >= 0.6 is 12.4 Å². The molecule has 7 heteroatoms. The Kier molecular flexibility index (Phi) is 4.86. The van der Waals surface area contributed by atoms with Gasteiger partial charge >= 0.3 is 0 Å². The topological polar surface area (TPSA) is 71.5 Å². The summed E-state index contributed by atoms with van der Waals surface area (Å²) >= 11 is 0. The molecule has 0 aliphatic carbocycles. The van der Waals surface area contributed by atoms with Gasteiger partial charge in [-0.1, -0.05) is 0 Å². The van der Waals surface area contributed by atoms with Crippen molar-refractivity contribution in [2.24, 2.45) is 0 Å². The molecule has 1 aliphatic rings. The highest BCUT2D eigenvalue weighted by atomic mass is 35.5. The van der Waals surface area contributed by atoms with Crippen molar-refractivity contribution >= 4 is 35.6 Å². The number of amides is 2. The number of anilines is 2. The molecule has 2 amide bonds. The standard InChI is InChI=1S/C16H15N3O3.ClH/c1-10-16(21)19(2)13-9-12(3-4-14(13)22-10)18-15(20)11-5-7-17-8-6-11;/h3-10H,1-2H3,(H,18,20);1H. The number of ether oxygens (including phenoxy) is 1. The molecule has 120 valence electrons. The molecule has 2 aromatic rings. The minimum atomic E-state index is -0.505. The van der Waals surface area contributed by atoms with E-state index in [4.69, 9.17) is 4.74 Å². The average molecular weight is 334 g/mol. The molecular weight excluding hydrogens is 318 g/mol. The van der Waals surface area contributed by atoms with Crippen molar-refractivity contribution in [1.82, 2.24) is 4.98 Å². The number of hydrogen-bond acceptors (Lipinski definition) is 4. The van der Waals surface area contributed by atoms with E-state index >= 15 is 0 Å². The number of carbonyl (C=O) groups is 2. The number of rotatable bonds is 2. The summed E-state index contributed by atoms with van der Waals surface area (Å²) in [5, 5.41) is 2.79. The lowest BCUT2D eigenvalue weighted by Gasteiger charge is -2.30.